The zero-order chi connectivity index (χ0) is 14.7. The topological polar surface area (TPSA) is 24.5 Å². The highest BCUT2D eigenvalue weighted by atomic mass is 35.5. The fourth-order valence-electron chi connectivity index (χ4n) is 2.44. The highest BCUT2D eigenvalue weighted by Gasteiger charge is 2.23. The molecule has 2 rings (SSSR count). The SMILES string of the molecule is CC(C)NCc1ccc(N2CC(C)OCC2C)cc1Cl. The van der Waals surface area contributed by atoms with E-state index in [2.05, 4.69) is 56.1 Å². The number of morpholine rings is 1. The van der Waals surface area contributed by atoms with E-state index in [0.29, 0.717) is 12.1 Å². The predicted octanol–water partition coefficient (Wildman–Crippen LogP) is 3.45. The maximum Gasteiger partial charge on any atom is 0.0723 e. The Kier molecular flexibility index (Phi) is 5.30. The molecule has 2 atom stereocenters. The van der Waals surface area contributed by atoms with Crippen LogP contribution in [0.2, 0.25) is 5.02 Å². The van der Waals surface area contributed by atoms with Gasteiger partial charge in [-0.25, -0.2) is 0 Å². The van der Waals surface area contributed by atoms with Gasteiger partial charge in [0.1, 0.15) is 0 Å². The van der Waals surface area contributed by atoms with Gasteiger partial charge in [0.2, 0.25) is 0 Å². The van der Waals surface area contributed by atoms with Gasteiger partial charge in [0.25, 0.3) is 0 Å². The quantitative estimate of drug-likeness (QED) is 0.921. The molecule has 1 aromatic rings. The molecule has 1 N–H and O–H groups in total. The normalized spacial score (nSPS) is 23.4. The zero-order valence-corrected chi connectivity index (χ0v) is 13.6. The monoisotopic (exact) mass is 296 g/mol. The minimum absolute atomic E-state index is 0.271. The molecule has 112 valence electrons. The van der Waals surface area contributed by atoms with Crippen molar-refractivity contribution in [3.8, 4) is 0 Å². The van der Waals surface area contributed by atoms with Gasteiger partial charge in [-0.2, -0.15) is 0 Å². The van der Waals surface area contributed by atoms with Crippen molar-refractivity contribution in [2.45, 2.75) is 52.4 Å². The molecule has 0 saturated carbocycles. The summed E-state index contributed by atoms with van der Waals surface area (Å²) in [6.07, 6.45) is 0.271. The zero-order valence-electron chi connectivity index (χ0n) is 12.8. The fourth-order valence-corrected chi connectivity index (χ4v) is 2.68. The van der Waals surface area contributed by atoms with E-state index in [1.165, 1.54) is 5.69 Å². The number of anilines is 1. The Morgan fingerprint density at radius 2 is 2.15 bits per heavy atom. The van der Waals surface area contributed by atoms with Crippen LogP contribution in [0.4, 0.5) is 5.69 Å². The highest BCUT2D eigenvalue weighted by Crippen LogP contribution is 2.27. The number of benzene rings is 1. The number of nitrogens with zero attached hydrogens (tertiary/aromatic N) is 1. The number of hydrogen-bond acceptors (Lipinski definition) is 3. The summed E-state index contributed by atoms with van der Waals surface area (Å²) in [7, 11) is 0. The molecular weight excluding hydrogens is 272 g/mol. The average molecular weight is 297 g/mol. The summed E-state index contributed by atoms with van der Waals surface area (Å²) >= 11 is 6.42. The first-order valence-electron chi connectivity index (χ1n) is 7.37. The lowest BCUT2D eigenvalue weighted by atomic mass is 10.1. The molecular formula is C16H25ClN2O. The van der Waals surface area contributed by atoms with Gasteiger partial charge in [-0.1, -0.05) is 31.5 Å². The minimum Gasteiger partial charge on any atom is -0.375 e. The van der Waals surface area contributed by atoms with Crippen LogP contribution < -0.4 is 10.2 Å². The predicted molar refractivity (Wildman–Crippen MR) is 85.6 cm³/mol. The molecule has 0 bridgehead atoms. The van der Waals surface area contributed by atoms with Crippen LogP contribution in [0.1, 0.15) is 33.3 Å². The molecule has 0 radical (unpaired) electrons. The lowest BCUT2D eigenvalue weighted by Gasteiger charge is -2.38. The number of nitrogens with one attached hydrogen (secondary N) is 1. The third-order valence-electron chi connectivity index (χ3n) is 3.68. The highest BCUT2D eigenvalue weighted by molar-refractivity contribution is 6.31. The smallest absolute Gasteiger partial charge is 0.0723 e. The Morgan fingerprint density at radius 1 is 1.40 bits per heavy atom. The van der Waals surface area contributed by atoms with Gasteiger partial charge in [-0.3, -0.25) is 0 Å². The van der Waals surface area contributed by atoms with Crippen LogP contribution in [0.25, 0.3) is 0 Å². The minimum atomic E-state index is 0.271. The first-order valence-corrected chi connectivity index (χ1v) is 7.75. The summed E-state index contributed by atoms with van der Waals surface area (Å²) in [5, 5.41) is 4.23. The molecule has 1 aliphatic heterocycles. The first kappa shape index (κ1) is 15.6. The van der Waals surface area contributed by atoms with Crippen LogP contribution in [-0.2, 0) is 11.3 Å². The second-order valence-electron chi connectivity index (χ2n) is 5.96. The average Bonchev–Trinajstić information content (AvgIpc) is 2.40. The van der Waals surface area contributed by atoms with Gasteiger partial charge in [-0.15, -0.1) is 0 Å². The summed E-state index contributed by atoms with van der Waals surface area (Å²) in [6, 6.07) is 7.22. The Hall–Kier alpha value is -0.770. The van der Waals surface area contributed by atoms with Crippen LogP contribution in [-0.4, -0.2) is 31.3 Å². The van der Waals surface area contributed by atoms with Crippen LogP contribution in [0.15, 0.2) is 18.2 Å². The van der Waals surface area contributed by atoms with Gasteiger partial charge in [0, 0.05) is 35.9 Å². The van der Waals surface area contributed by atoms with Crippen LogP contribution in [0.3, 0.4) is 0 Å². The number of rotatable bonds is 4. The molecule has 1 heterocycles. The molecule has 0 amide bonds. The van der Waals surface area contributed by atoms with E-state index in [4.69, 9.17) is 16.3 Å². The summed E-state index contributed by atoms with van der Waals surface area (Å²) in [4.78, 5) is 2.37. The Bertz CT molecular complexity index is 450. The van der Waals surface area contributed by atoms with E-state index in [-0.39, 0.29) is 6.10 Å². The van der Waals surface area contributed by atoms with Crippen molar-refractivity contribution in [2.24, 2.45) is 0 Å². The molecule has 2 unspecified atom stereocenters. The second kappa shape index (κ2) is 6.79. The standard InChI is InChI=1S/C16H25ClN2O/c1-11(2)18-8-14-5-6-15(7-16(14)17)19-9-13(4)20-10-12(19)3/h5-7,11-13,18H,8-10H2,1-4H3. The van der Waals surface area contributed by atoms with Crippen molar-refractivity contribution in [2.75, 3.05) is 18.1 Å². The Morgan fingerprint density at radius 3 is 2.80 bits per heavy atom. The third-order valence-corrected chi connectivity index (χ3v) is 4.03. The summed E-state index contributed by atoms with van der Waals surface area (Å²) in [5.41, 5.74) is 2.34. The largest absolute Gasteiger partial charge is 0.375 e. The van der Waals surface area contributed by atoms with E-state index in [9.17, 15) is 0 Å². The third kappa shape index (κ3) is 3.87. The summed E-state index contributed by atoms with van der Waals surface area (Å²) in [6.45, 7) is 11.1. The molecule has 4 heteroatoms. The molecule has 20 heavy (non-hydrogen) atoms. The van der Waals surface area contributed by atoms with Crippen molar-refractivity contribution >= 4 is 17.3 Å². The van der Waals surface area contributed by atoms with Gasteiger partial charge in [0.05, 0.1) is 12.7 Å². The van der Waals surface area contributed by atoms with E-state index in [1.54, 1.807) is 0 Å². The molecule has 1 aliphatic rings. The lowest BCUT2D eigenvalue weighted by molar-refractivity contribution is 0.0344. The molecule has 0 aromatic heterocycles. The van der Waals surface area contributed by atoms with Crippen molar-refractivity contribution in [1.29, 1.82) is 0 Å². The number of hydrogen-bond donors (Lipinski definition) is 1. The first-order chi connectivity index (χ1) is 9.47. The molecule has 0 spiro atoms. The van der Waals surface area contributed by atoms with E-state index in [0.717, 1.165) is 30.3 Å². The van der Waals surface area contributed by atoms with Crippen molar-refractivity contribution in [3.05, 3.63) is 28.8 Å². The fraction of sp³-hybridized carbons (Fsp3) is 0.625. The van der Waals surface area contributed by atoms with Gasteiger partial charge in [-0.05, 0) is 31.5 Å². The van der Waals surface area contributed by atoms with E-state index < -0.39 is 0 Å². The molecule has 3 nitrogen and oxygen atoms in total. The maximum atomic E-state index is 6.42. The van der Waals surface area contributed by atoms with Crippen molar-refractivity contribution in [3.63, 3.8) is 0 Å². The molecule has 1 saturated heterocycles. The van der Waals surface area contributed by atoms with E-state index >= 15 is 0 Å². The molecule has 1 fully saturated rings. The van der Waals surface area contributed by atoms with Crippen LogP contribution >= 0.6 is 11.6 Å². The molecule has 0 aliphatic carbocycles. The van der Waals surface area contributed by atoms with Gasteiger partial charge < -0.3 is 15.0 Å². The summed E-state index contributed by atoms with van der Waals surface area (Å²) < 4.78 is 5.68. The lowest BCUT2D eigenvalue weighted by Crippen LogP contribution is -2.47. The molecule has 1 aromatic carbocycles. The summed E-state index contributed by atoms with van der Waals surface area (Å²) in [5.74, 6) is 0. The Labute approximate surface area is 127 Å². The number of ether oxygens (including phenoxy) is 1. The van der Waals surface area contributed by atoms with Crippen molar-refractivity contribution < 1.29 is 4.74 Å². The van der Waals surface area contributed by atoms with Crippen LogP contribution in [0.5, 0.6) is 0 Å². The number of halogens is 1. The maximum absolute atomic E-state index is 6.42. The van der Waals surface area contributed by atoms with Crippen LogP contribution in [0, 0.1) is 0 Å². The second-order valence-corrected chi connectivity index (χ2v) is 6.36. The van der Waals surface area contributed by atoms with Gasteiger partial charge in [0.15, 0.2) is 0 Å². The Balaban J connectivity index is 2.11. The van der Waals surface area contributed by atoms with Gasteiger partial charge >= 0.3 is 0 Å². The van der Waals surface area contributed by atoms with Crippen molar-refractivity contribution in [1.82, 2.24) is 5.32 Å². The van der Waals surface area contributed by atoms with E-state index in [1.807, 2.05) is 0 Å².